The number of hydrogen-bond acceptors (Lipinski definition) is 5. The maximum absolute atomic E-state index is 12.5. The highest BCUT2D eigenvalue weighted by atomic mass is 32.2. The van der Waals surface area contributed by atoms with Crippen molar-refractivity contribution in [3.8, 4) is 11.5 Å². The second-order valence-electron chi connectivity index (χ2n) is 5.17. The third kappa shape index (κ3) is 4.63. The van der Waals surface area contributed by atoms with Crippen molar-refractivity contribution >= 4 is 21.6 Å². The first-order valence-corrected chi connectivity index (χ1v) is 8.92. The zero-order valence-corrected chi connectivity index (χ0v) is 15.0. The number of benzene rings is 2. The normalized spacial score (nSPS) is 10.8. The Balaban J connectivity index is 2.19. The summed E-state index contributed by atoms with van der Waals surface area (Å²) < 4.78 is 37.7. The van der Waals surface area contributed by atoms with Gasteiger partial charge in [-0.1, -0.05) is 12.1 Å². The Hall–Kier alpha value is -2.74. The van der Waals surface area contributed by atoms with Gasteiger partial charge in [-0.15, -0.1) is 0 Å². The Morgan fingerprint density at radius 1 is 1.00 bits per heavy atom. The van der Waals surface area contributed by atoms with Crippen LogP contribution in [0.3, 0.4) is 0 Å². The average Bonchev–Trinajstić information content (AvgIpc) is 2.62. The maximum atomic E-state index is 12.5. The van der Waals surface area contributed by atoms with Crippen LogP contribution in [0.5, 0.6) is 11.5 Å². The van der Waals surface area contributed by atoms with Gasteiger partial charge >= 0.3 is 0 Å². The molecule has 7 nitrogen and oxygen atoms in total. The Morgan fingerprint density at radius 3 is 2.20 bits per heavy atom. The van der Waals surface area contributed by atoms with E-state index in [9.17, 15) is 13.2 Å². The molecule has 0 bridgehead atoms. The van der Waals surface area contributed by atoms with Crippen molar-refractivity contribution < 1.29 is 22.7 Å². The molecule has 134 valence electrons. The molecule has 0 heterocycles. The molecule has 0 saturated heterocycles. The van der Waals surface area contributed by atoms with Crippen molar-refractivity contribution in [2.75, 3.05) is 26.0 Å². The lowest BCUT2D eigenvalue weighted by Gasteiger charge is -2.12. The zero-order chi connectivity index (χ0) is 18.4. The number of carbonyl (C=O) groups is 1. The van der Waals surface area contributed by atoms with E-state index in [1.165, 1.54) is 32.4 Å². The lowest BCUT2D eigenvalue weighted by atomic mass is 10.1. The molecule has 0 aliphatic carbocycles. The Morgan fingerprint density at radius 2 is 1.64 bits per heavy atom. The molecule has 2 aromatic rings. The molecule has 0 atom stereocenters. The molecule has 0 aliphatic rings. The molecule has 25 heavy (non-hydrogen) atoms. The second kappa shape index (κ2) is 7.89. The fourth-order valence-electron chi connectivity index (χ4n) is 2.16. The first-order valence-electron chi connectivity index (χ1n) is 7.44. The van der Waals surface area contributed by atoms with Crippen molar-refractivity contribution in [2.24, 2.45) is 0 Å². The predicted octanol–water partition coefficient (Wildman–Crippen LogP) is 1.79. The van der Waals surface area contributed by atoms with E-state index in [2.05, 4.69) is 10.0 Å². The van der Waals surface area contributed by atoms with Crippen LogP contribution in [0.25, 0.3) is 0 Å². The summed E-state index contributed by atoms with van der Waals surface area (Å²) in [5, 5.41) is 2.54. The van der Waals surface area contributed by atoms with Crippen LogP contribution in [0.4, 0.5) is 5.69 Å². The van der Waals surface area contributed by atoms with Gasteiger partial charge < -0.3 is 14.8 Å². The van der Waals surface area contributed by atoms with Crippen LogP contribution < -0.4 is 19.5 Å². The summed E-state index contributed by atoms with van der Waals surface area (Å²) in [6.07, 6.45) is 0.235. The molecule has 0 aromatic heterocycles. The predicted molar refractivity (Wildman–Crippen MR) is 94.6 cm³/mol. The average molecular weight is 364 g/mol. The summed E-state index contributed by atoms with van der Waals surface area (Å²) in [5.41, 5.74) is 1.18. The van der Waals surface area contributed by atoms with E-state index in [0.29, 0.717) is 17.2 Å². The zero-order valence-electron chi connectivity index (χ0n) is 14.2. The van der Waals surface area contributed by atoms with Crippen molar-refractivity contribution in [3.05, 3.63) is 48.0 Å². The summed E-state index contributed by atoms with van der Waals surface area (Å²) in [7, 11) is 0.701. The van der Waals surface area contributed by atoms with Crippen molar-refractivity contribution in [2.45, 2.75) is 11.3 Å². The van der Waals surface area contributed by atoms with E-state index >= 15 is 0 Å². The van der Waals surface area contributed by atoms with Gasteiger partial charge in [0.2, 0.25) is 5.91 Å². The van der Waals surface area contributed by atoms with E-state index in [0.717, 1.165) is 5.56 Å². The lowest BCUT2D eigenvalue weighted by molar-refractivity contribution is -0.119. The third-order valence-corrected chi connectivity index (χ3v) is 4.89. The summed E-state index contributed by atoms with van der Waals surface area (Å²) in [4.78, 5) is 11.4. The SMILES string of the molecule is CNC(=O)Cc1ccc(NS(=O)(=O)c2ccc(OC)c(OC)c2)cc1. The minimum Gasteiger partial charge on any atom is -0.493 e. The van der Waals surface area contributed by atoms with E-state index in [1.807, 2.05) is 0 Å². The van der Waals surface area contributed by atoms with Crippen LogP contribution in [-0.4, -0.2) is 35.6 Å². The fourth-order valence-corrected chi connectivity index (χ4v) is 3.24. The van der Waals surface area contributed by atoms with Crippen LogP contribution in [0.1, 0.15) is 5.56 Å². The number of hydrogen-bond donors (Lipinski definition) is 2. The second-order valence-corrected chi connectivity index (χ2v) is 6.85. The molecule has 0 radical (unpaired) electrons. The number of ether oxygens (including phenoxy) is 2. The largest absolute Gasteiger partial charge is 0.493 e. The van der Waals surface area contributed by atoms with Gasteiger partial charge in [0.05, 0.1) is 25.5 Å². The molecule has 2 N–H and O–H groups in total. The third-order valence-electron chi connectivity index (χ3n) is 3.51. The van der Waals surface area contributed by atoms with E-state index in [4.69, 9.17) is 9.47 Å². The molecule has 2 aromatic carbocycles. The van der Waals surface area contributed by atoms with Crippen LogP contribution in [-0.2, 0) is 21.2 Å². The molecular weight excluding hydrogens is 344 g/mol. The summed E-state index contributed by atoms with van der Waals surface area (Å²) in [6.45, 7) is 0. The molecule has 8 heteroatoms. The van der Waals surface area contributed by atoms with Gasteiger partial charge in [-0.3, -0.25) is 9.52 Å². The number of sulfonamides is 1. The number of carbonyl (C=O) groups excluding carboxylic acids is 1. The van der Waals surface area contributed by atoms with Crippen molar-refractivity contribution in [1.82, 2.24) is 5.32 Å². The van der Waals surface area contributed by atoms with Gasteiger partial charge in [-0.25, -0.2) is 8.42 Å². The minimum absolute atomic E-state index is 0.0552. The number of likely N-dealkylation sites (N-methyl/N-ethyl adjacent to an activating group) is 1. The van der Waals surface area contributed by atoms with Gasteiger partial charge in [-0.2, -0.15) is 0 Å². The van der Waals surface area contributed by atoms with E-state index in [-0.39, 0.29) is 17.2 Å². The number of amides is 1. The van der Waals surface area contributed by atoms with Crippen LogP contribution >= 0.6 is 0 Å². The van der Waals surface area contributed by atoms with Crippen molar-refractivity contribution in [1.29, 1.82) is 0 Å². The Labute approximate surface area is 147 Å². The Bertz CT molecular complexity index is 848. The molecule has 0 spiro atoms. The summed E-state index contributed by atoms with van der Waals surface area (Å²) >= 11 is 0. The van der Waals surface area contributed by atoms with Crippen LogP contribution in [0.15, 0.2) is 47.4 Å². The number of anilines is 1. The molecular formula is C17H20N2O5S. The van der Waals surface area contributed by atoms with Crippen LogP contribution in [0, 0.1) is 0 Å². The summed E-state index contributed by atoms with van der Waals surface area (Å²) in [6, 6.07) is 11.0. The first kappa shape index (κ1) is 18.6. The highest BCUT2D eigenvalue weighted by molar-refractivity contribution is 7.92. The monoisotopic (exact) mass is 364 g/mol. The number of methoxy groups -OCH3 is 2. The number of rotatable bonds is 7. The standard InChI is InChI=1S/C17H20N2O5S/c1-18-17(20)10-12-4-6-13(7-5-12)19-25(21,22)14-8-9-15(23-2)16(11-14)24-3/h4-9,11,19H,10H2,1-3H3,(H,18,20). The van der Waals surface area contributed by atoms with E-state index < -0.39 is 10.0 Å². The van der Waals surface area contributed by atoms with Crippen molar-refractivity contribution in [3.63, 3.8) is 0 Å². The van der Waals surface area contributed by atoms with Gasteiger partial charge in [0, 0.05) is 18.8 Å². The van der Waals surface area contributed by atoms with Crippen LogP contribution in [0.2, 0.25) is 0 Å². The topological polar surface area (TPSA) is 93.7 Å². The van der Waals surface area contributed by atoms with Gasteiger partial charge in [-0.05, 0) is 29.8 Å². The van der Waals surface area contributed by atoms with E-state index in [1.54, 1.807) is 31.3 Å². The quantitative estimate of drug-likeness (QED) is 0.781. The molecule has 0 saturated carbocycles. The minimum atomic E-state index is -3.78. The highest BCUT2D eigenvalue weighted by Crippen LogP contribution is 2.30. The molecule has 0 fully saturated rings. The lowest BCUT2D eigenvalue weighted by Crippen LogP contribution is -2.19. The maximum Gasteiger partial charge on any atom is 0.262 e. The fraction of sp³-hybridized carbons (Fsp3) is 0.235. The smallest absolute Gasteiger partial charge is 0.262 e. The first-order chi connectivity index (χ1) is 11.9. The molecule has 2 rings (SSSR count). The van der Waals surface area contributed by atoms with Gasteiger partial charge in [0.15, 0.2) is 11.5 Å². The summed E-state index contributed by atoms with van der Waals surface area (Å²) in [5.74, 6) is 0.657. The molecule has 0 unspecified atom stereocenters. The van der Waals surface area contributed by atoms with Gasteiger partial charge in [0.25, 0.3) is 10.0 Å². The molecule has 0 aliphatic heterocycles. The highest BCUT2D eigenvalue weighted by Gasteiger charge is 2.17. The Kier molecular flexibility index (Phi) is 5.87. The number of nitrogens with one attached hydrogen (secondary N) is 2. The van der Waals surface area contributed by atoms with Gasteiger partial charge in [0.1, 0.15) is 0 Å². The molecule has 1 amide bonds.